The molecule has 1 heteroatoms. The molecule has 0 spiro atoms. The molecule has 0 saturated heterocycles. The van der Waals surface area contributed by atoms with Gasteiger partial charge in [-0.05, 0) is 35.4 Å². The van der Waals surface area contributed by atoms with Gasteiger partial charge in [0.1, 0.15) is 0 Å². The van der Waals surface area contributed by atoms with Crippen molar-refractivity contribution in [3.8, 4) is 23.0 Å². The van der Waals surface area contributed by atoms with Crippen molar-refractivity contribution in [3.05, 3.63) is 94.5 Å². The van der Waals surface area contributed by atoms with E-state index in [1.807, 2.05) is 54.6 Å². The summed E-state index contributed by atoms with van der Waals surface area (Å²) in [6.45, 7) is 0. The smallest absolute Gasteiger partial charge is 0.0327 e. The van der Waals surface area contributed by atoms with Crippen LogP contribution in [0.4, 0.5) is 0 Å². The largest absolute Gasteiger partial charge is 0.0622 e. The summed E-state index contributed by atoms with van der Waals surface area (Å²) in [4.78, 5) is 0. The summed E-state index contributed by atoms with van der Waals surface area (Å²) in [6.07, 6.45) is 0. The van der Waals surface area contributed by atoms with Crippen molar-refractivity contribution in [1.82, 2.24) is 0 Å². The zero-order chi connectivity index (χ0) is 14.5. The highest BCUT2D eigenvalue weighted by atomic mass is 79.9. The Morgan fingerprint density at radius 1 is 0.571 bits per heavy atom. The minimum Gasteiger partial charge on any atom is -0.0622 e. The molecule has 0 fully saturated rings. The van der Waals surface area contributed by atoms with E-state index in [9.17, 15) is 0 Å². The molecule has 0 nitrogen and oxygen atoms in total. The van der Waals surface area contributed by atoms with Crippen LogP contribution in [0, 0.1) is 11.8 Å². The maximum atomic E-state index is 3.61. The molecule has 3 rings (SSSR count). The van der Waals surface area contributed by atoms with E-state index in [0.29, 0.717) is 0 Å². The van der Waals surface area contributed by atoms with Crippen LogP contribution in [0.25, 0.3) is 11.1 Å². The average molecular weight is 333 g/mol. The zero-order valence-electron chi connectivity index (χ0n) is 11.4. The number of halogens is 1. The van der Waals surface area contributed by atoms with Crippen LogP contribution >= 0.6 is 15.9 Å². The van der Waals surface area contributed by atoms with Crippen LogP contribution in [0.5, 0.6) is 0 Å². The Labute approximate surface area is 133 Å². The minimum atomic E-state index is 1.03. The van der Waals surface area contributed by atoms with Crippen LogP contribution in [0.15, 0.2) is 83.3 Å². The topological polar surface area (TPSA) is 0 Å². The molecule has 0 atom stereocenters. The lowest BCUT2D eigenvalue weighted by Gasteiger charge is -2.06. The van der Waals surface area contributed by atoms with Crippen molar-refractivity contribution in [1.29, 1.82) is 0 Å². The third-order valence-electron chi connectivity index (χ3n) is 3.21. The first-order valence-corrected chi connectivity index (χ1v) is 7.55. The Kier molecular flexibility index (Phi) is 4.19. The fourth-order valence-electron chi connectivity index (χ4n) is 2.17. The second-order valence-corrected chi connectivity index (χ2v) is 5.50. The molecule has 0 aliphatic heterocycles. The molecule has 0 aliphatic carbocycles. The Hall–Kier alpha value is -2.30. The predicted octanol–water partition coefficient (Wildman–Crippen LogP) is 5.52. The van der Waals surface area contributed by atoms with E-state index in [0.717, 1.165) is 26.7 Å². The van der Waals surface area contributed by atoms with Crippen molar-refractivity contribution in [2.75, 3.05) is 0 Å². The lowest BCUT2D eigenvalue weighted by atomic mass is 10.00. The van der Waals surface area contributed by atoms with Gasteiger partial charge in [-0.15, -0.1) is 0 Å². The fraction of sp³-hybridized carbons (Fsp3) is 0. The predicted molar refractivity (Wildman–Crippen MR) is 92.0 cm³/mol. The Morgan fingerprint density at radius 3 is 1.95 bits per heavy atom. The molecule has 0 radical (unpaired) electrons. The van der Waals surface area contributed by atoms with Gasteiger partial charge in [-0.3, -0.25) is 0 Å². The van der Waals surface area contributed by atoms with E-state index < -0.39 is 0 Å². The van der Waals surface area contributed by atoms with Gasteiger partial charge in [0.25, 0.3) is 0 Å². The van der Waals surface area contributed by atoms with Gasteiger partial charge in [0.15, 0.2) is 0 Å². The molecular weight excluding hydrogens is 320 g/mol. The number of hydrogen-bond acceptors (Lipinski definition) is 0. The van der Waals surface area contributed by atoms with E-state index in [-0.39, 0.29) is 0 Å². The molecule has 3 aromatic rings. The van der Waals surface area contributed by atoms with E-state index in [1.54, 1.807) is 0 Å². The van der Waals surface area contributed by atoms with E-state index in [4.69, 9.17) is 0 Å². The summed E-state index contributed by atoms with van der Waals surface area (Å²) in [6, 6.07) is 26.5. The molecule has 3 aromatic carbocycles. The van der Waals surface area contributed by atoms with Crippen molar-refractivity contribution in [2.24, 2.45) is 0 Å². The molecule has 0 aromatic heterocycles. The van der Waals surface area contributed by atoms with E-state index in [1.165, 1.54) is 0 Å². The van der Waals surface area contributed by atoms with Crippen molar-refractivity contribution in [3.63, 3.8) is 0 Å². The van der Waals surface area contributed by atoms with Crippen LogP contribution in [0.2, 0.25) is 0 Å². The van der Waals surface area contributed by atoms with Gasteiger partial charge in [0.2, 0.25) is 0 Å². The summed E-state index contributed by atoms with van der Waals surface area (Å²) < 4.78 is 1.08. The second kappa shape index (κ2) is 6.43. The third-order valence-corrected chi connectivity index (χ3v) is 3.90. The summed E-state index contributed by atoms with van der Waals surface area (Å²) in [5.41, 5.74) is 4.37. The van der Waals surface area contributed by atoms with Crippen LogP contribution < -0.4 is 0 Å². The summed E-state index contributed by atoms with van der Waals surface area (Å²) >= 11 is 3.61. The molecule has 0 saturated carbocycles. The molecule has 0 bridgehead atoms. The molecule has 0 heterocycles. The van der Waals surface area contributed by atoms with Crippen LogP contribution in [-0.4, -0.2) is 0 Å². The minimum absolute atomic E-state index is 1.03. The molecule has 100 valence electrons. The van der Waals surface area contributed by atoms with Crippen LogP contribution in [0.3, 0.4) is 0 Å². The average Bonchev–Trinajstić information content (AvgIpc) is 2.55. The van der Waals surface area contributed by atoms with Crippen molar-refractivity contribution in [2.45, 2.75) is 0 Å². The summed E-state index contributed by atoms with van der Waals surface area (Å²) in [5.74, 6) is 6.51. The zero-order valence-corrected chi connectivity index (χ0v) is 13.0. The monoisotopic (exact) mass is 332 g/mol. The molecule has 21 heavy (non-hydrogen) atoms. The van der Waals surface area contributed by atoms with Crippen LogP contribution in [-0.2, 0) is 0 Å². The number of hydrogen-bond donors (Lipinski definition) is 0. The lowest BCUT2D eigenvalue weighted by molar-refractivity contribution is 1.55. The van der Waals surface area contributed by atoms with Gasteiger partial charge >= 0.3 is 0 Å². The Morgan fingerprint density at radius 2 is 1.19 bits per heavy atom. The molecular formula is C20H13Br. The maximum absolute atomic E-state index is 3.61. The third kappa shape index (κ3) is 3.24. The first-order valence-electron chi connectivity index (χ1n) is 6.75. The number of benzene rings is 3. The maximum Gasteiger partial charge on any atom is 0.0327 e. The van der Waals surface area contributed by atoms with Gasteiger partial charge < -0.3 is 0 Å². The van der Waals surface area contributed by atoms with Gasteiger partial charge in [-0.25, -0.2) is 0 Å². The van der Waals surface area contributed by atoms with Crippen molar-refractivity contribution >= 4 is 15.9 Å². The SMILES string of the molecule is Brc1ccccc1-c1ccccc1C#Cc1ccccc1. The number of rotatable bonds is 1. The highest BCUT2D eigenvalue weighted by Gasteiger charge is 2.05. The molecule has 0 unspecified atom stereocenters. The van der Waals surface area contributed by atoms with Gasteiger partial charge in [-0.2, -0.15) is 0 Å². The quantitative estimate of drug-likeness (QED) is 0.515. The van der Waals surface area contributed by atoms with Crippen LogP contribution in [0.1, 0.15) is 11.1 Å². The van der Waals surface area contributed by atoms with Gasteiger partial charge in [0.05, 0.1) is 0 Å². The first kappa shape index (κ1) is 13.7. The van der Waals surface area contributed by atoms with Crippen molar-refractivity contribution < 1.29 is 0 Å². The second-order valence-electron chi connectivity index (χ2n) is 4.64. The standard InChI is InChI=1S/C20H13Br/c21-20-13-7-6-12-19(20)18-11-5-4-10-17(18)15-14-16-8-2-1-3-9-16/h1-13H. The van der Waals surface area contributed by atoms with Gasteiger partial charge in [-0.1, -0.05) is 82.4 Å². The van der Waals surface area contributed by atoms with Gasteiger partial charge in [0, 0.05) is 15.6 Å². The lowest BCUT2D eigenvalue weighted by Crippen LogP contribution is -1.85. The molecule has 0 N–H and O–H groups in total. The van der Waals surface area contributed by atoms with E-state index in [2.05, 4.69) is 52.0 Å². The summed E-state index contributed by atoms with van der Waals surface area (Å²) in [5, 5.41) is 0. The summed E-state index contributed by atoms with van der Waals surface area (Å²) in [7, 11) is 0. The highest BCUT2D eigenvalue weighted by molar-refractivity contribution is 9.10. The normalized spacial score (nSPS) is 9.76. The fourth-order valence-corrected chi connectivity index (χ4v) is 2.67. The molecule has 0 aliphatic rings. The Balaban J connectivity index is 2.06. The Bertz CT molecular complexity index is 808. The molecule has 0 amide bonds. The first-order chi connectivity index (χ1) is 10.3. The highest BCUT2D eigenvalue weighted by Crippen LogP contribution is 2.30. The van der Waals surface area contributed by atoms with E-state index >= 15 is 0 Å².